The number of carboxylic acid groups (broad SMARTS) is 2. The van der Waals surface area contributed by atoms with Crippen molar-refractivity contribution in [3.05, 3.63) is 12.2 Å². The zero-order valence-electron chi connectivity index (χ0n) is 7.64. The minimum atomic E-state index is -1.04. The number of hydrogen-bond acceptors (Lipinski definition) is 2. The van der Waals surface area contributed by atoms with Gasteiger partial charge in [0, 0.05) is 0 Å². The number of aliphatic carboxylic acids is 2. The highest BCUT2D eigenvalue weighted by atomic mass is 16.4. The smallest absolute Gasteiger partial charge is 0.310 e. The summed E-state index contributed by atoms with van der Waals surface area (Å²) in [6.07, 6.45) is 4.90. The second-order valence-electron chi connectivity index (χ2n) is 4.22. The number of rotatable bonds is 3. The van der Waals surface area contributed by atoms with Crippen molar-refractivity contribution in [3.8, 4) is 0 Å². The predicted octanol–water partition coefficient (Wildman–Crippen LogP) is 1.13. The van der Waals surface area contributed by atoms with E-state index in [9.17, 15) is 9.59 Å². The van der Waals surface area contributed by atoms with Gasteiger partial charge in [-0.05, 0) is 24.7 Å². The van der Waals surface area contributed by atoms with Crippen molar-refractivity contribution in [1.82, 2.24) is 0 Å². The standard InChI is InChI=1S/C10H12O4/c11-8(12)5-10(9(13)14)4-6-1-2-7(10)3-6/h1-2,6-7H,3-5H2,(H,11,12)(H,13,14)/t6-,7+,10+/m1/s1. The number of fused-ring (bicyclic) bond motifs is 2. The van der Waals surface area contributed by atoms with Crippen molar-refractivity contribution in [2.24, 2.45) is 17.3 Å². The molecule has 2 rings (SSSR count). The van der Waals surface area contributed by atoms with E-state index in [1.165, 1.54) is 0 Å². The molecule has 0 unspecified atom stereocenters. The van der Waals surface area contributed by atoms with Gasteiger partial charge in [-0.25, -0.2) is 0 Å². The molecule has 76 valence electrons. The van der Waals surface area contributed by atoms with Gasteiger partial charge in [0.15, 0.2) is 0 Å². The average Bonchev–Trinajstić information content (AvgIpc) is 2.61. The number of hydrogen-bond donors (Lipinski definition) is 2. The van der Waals surface area contributed by atoms with Gasteiger partial charge in [0.25, 0.3) is 0 Å². The second-order valence-corrected chi connectivity index (χ2v) is 4.22. The molecule has 0 amide bonds. The van der Waals surface area contributed by atoms with Gasteiger partial charge in [0.2, 0.25) is 0 Å². The summed E-state index contributed by atoms with van der Waals surface area (Å²) < 4.78 is 0. The lowest BCUT2D eigenvalue weighted by molar-refractivity contribution is -0.157. The van der Waals surface area contributed by atoms with Gasteiger partial charge in [0.05, 0.1) is 11.8 Å². The molecule has 1 fully saturated rings. The van der Waals surface area contributed by atoms with Crippen molar-refractivity contribution in [2.75, 3.05) is 0 Å². The lowest BCUT2D eigenvalue weighted by atomic mass is 9.73. The van der Waals surface area contributed by atoms with E-state index >= 15 is 0 Å². The summed E-state index contributed by atoms with van der Waals surface area (Å²) in [5.41, 5.74) is -1.04. The predicted molar refractivity (Wildman–Crippen MR) is 47.7 cm³/mol. The van der Waals surface area contributed by atoms with E-state index in [0.29, 0.717) is 6.42 Å². The SMILES string of the molecule is O=C(O)C[C@@]1(C(=O)O)C[C@@H]2C=C[C@H]1C2. The summed E-state index contributed by atoms with van der Waals surface area (Å²) in [6.45, 7) is 0. The van der Waals surface area contributed by atoms with Crippen molar-refractivity contribution >= 4 is 11.9 Å². The van der Waals surface area contributed by atoms with E-state index < -0.39 is 17.4 Å². The molecule has 2 bridgehead atoms. The fourth-order valence-electron chi connectivity index (χ4n) is 2.75. The van der Waals surface area contributed by atoms with Gasteiger partial charge >= 0.3 is 11.9 Å². The molecule has 0 aliphatic heterocycles. The van der Waals surface area contributed by atoms with Crippen molar-refractivity contribution in [2.45, 2.75) is 19.3 Å². The molecule has 0 aromatic rings. The van der Waals surface area contributed by atoms with Gasteiger partial charge in [-0.2, -0.15) is 0 Å². The summed E-state index contributed by atoms with van der Waals surface area (Å²) in [7, 11) is 0. The van der Waals surface area contributed by atoms with Crippen LogP contribution in [0.15, 0.2) is 12.2 Å². The number of carbonyl (C=O) groups is 2. The van der Waals surface area contributed by atoms with Crippen molar-refractivity contribution < 1.29 is 19.8 Å². The Morgan fingerprint density at radius 2 is 2.07 bits per heavy atom. The Bertz CT molecular complexity index is 320. The molecule has 2 aliphatic carbocycles. The lowest BCUT2D eigenvalue weighted by Gasteiger charge is -2.29. The molecule has 14 heavy (non-hydrogen) atoms. The van der Waals surface area contributed by atoms with Crippen LogP contribution in [0.5, 0.6) is 0 Å². The van der Waals surface area contributed by atoms with E-state index in [1.54, 1.807) is 0 Å². The minimum absolute atomic E-state index is 0.0823. The topological polar surface area (TPSA) is 74.6 Å². The van der Waals surface area contributed by atoms with E-state index in [1.807, 2.05) is 12.2 Å². The molecule has 4 heteroatoms. The van der Waals surface area contributed by atoms with Crippen molar-refractivity contribution in [3.63, 3.8) is 0 Å². The Balaban J connectivity index is 2.29. The molecule has 0 aromatic carbocycles. The van der Waals surface area contributed by atoms with Crippen LogP contribution in [0, 0.1) is 17.3 Å². The molecule has 2 N–H and O–H groups in total. The van der Waals surface area contributed by atoms with Gasteiger partial charge < -0.3 is 10.2 Å². The summed E-state index contributed by atoms with van der Waals surface area (Å²) in [5.74, 6) is -1.79. The molecular formula is C10H12O4. The van der Waals surface area contributed by atoms with E-state index in [2.05, 4.69) is 0 Å². The zero-order chi connectivity index (χ0) is 10.3. The molecular weight excluding hydrogens is 184 g/mol. The van der Waals surface area contributed by atoms with E-state index in [4.69, 9.17) is 10.2 Å². The van der Waals surface area contributed by atoms with Gasteiger partial charge in [0.1, 0.15) is 0 Å². The zero-order valence-corrected chi connectivity index (χ0v) is 7.64. The Hall–Kier alpha value is -1.32. The molecule has 0 spiro atoms. The lowest BCUT2D eigenvalue weighted by Crippen LogP contribution is -2.37. The van der Waals surface area contributed by atoms with Crippen LogP contribution < -0.4 is 0 Å². The average molecular weight is 196 g/mol. The molecule has 3 atom stereocenters. The summed E-state index contributed by atoms with van der Waals surface area (Å²) in [5, 5.41) is 17.9. The molecule has 0 saturated heterocycles. The van der Waals surface area contributed by atoms with Crippen LogP contribution in [-0.2, 0) is 9.59 Å². The third-order valence-electron chi connectivity index (χ3n) is 3.40. The molecule has 2 aliphatic rings. The first kappa shape index (κ1) is 9.24. The summed E-state index contributed by atoms with van der Waals surface area (Å²) in [4.78, 5) is 21.8. The largest absolute Gasteiger partial charge is 0.481 e. The van der Waals surface area contributed by atoms with Crippen LogP contribution in [0.25, 0.3) is 0 Å². The Morgan fingerprint density at radius 3 is 2.43 bits per heavy atom. The Labute approximate surface area is 81.2 Å². The number of carboxylic acids is 2. The molecule has 0 heterocycles. The normalized spacial score (nSPS) is 38.9. The first-order chi connectivity index (χ1) is 6.54. The minimum Gasteiger partial charge on any atom is -0.481 e. The fourth-order valence-corrected chi connectivity index (χ4v) is 2.75. The summed E-state index contributed by atoms with van der Waals surface area (Å²) >= 11 is 0. The molecule has 4 nitrogen and oxygen atoms in total. The van der Waals surface area contributed by atoms with Crippen LogP contribution in [-0.4, -0.2) is 22.2 Å². The highest BCUT2D eigenvalue weighted by Crippen LogP contribution is 2.54. The van der Waals surface area contributed by atoms with Crippen molar-refractivity contribution in [1.29, 1.82) is 0 Å². The Morgan fingerprint density at radius 1 is 1.36 bits per heavy atom. The van der Waals surface area contributed by atoms with E-state index in [-0.39, 0.29) is 18.3 Å². The maximum atomic E-state index is 11.2. The van der Waals surface area contributed by atoms with Gasteiger partial charge in [-0.15, -0.1) is 0 Å². The highest BCUT2D eigenvalue weighted by Gasteiger charge is 2.54. The third-order valence-corrected chi connectivity index (χ3v) is 3.40. The maximum Gasteiger partial charge on any atom is 0.310 e. The quantitative estimate of drug-likeness (QED) is 0.663. The number of allylic oxidation sites excluding steroid dienone is 2. The first-order valence-electron chi connectivity index (χ1n) is 4.68. The van der Waals surface area contributed by atoms with Crippen LogP contribution in [0.3, 0.4) is 0 Å². The van der Waals surface area contributed by atoms with Crippen LogP contribution in [0.1, 0.15) is 19.3 Å². The second kappa shape index (κ2) is 2.83. The van der Waals surface area contributed by atoms with E-state index in [0.717, 1.165) is 6.42 Å². The molecule has 0 radical (unpaired) electrons. The summed E-state index contributed by atoms with van der Waals surface area (Å²) in [6, 6.07) is 0. The van der Waals surface area contributed by atoms with Gasteiger partial charge in [-0.1, -0.05) is 12.2 Å². The molecule has 1 saturated carbocycles. The fraction of sp³-hybridized carbons (Fsp3) is 0.600. The van der Waals surface area contributed by atoms with Crippen LogP contribution in [0.2, 0.25) is 0 Å². The van der Waals surface area contributed by atoms with Gasteiger partial charge in [-0.3, -0.25) is 9.59 Å². The maximum absolute atomic E-state index is 11.2. The third kappa shape index (κ3) is 1.14. The Kier molecular flexibility index (Phi) is 1.87. The molecule has 0 aromatic heterocycles. The van der Waals surface area contributed by atoms with Crippen LogP contribution >= 0.6 is 0 Å². The first-order valence-corrected chi connectivity index (χ1v) is 4.68. The van der Waals surface area contributed by atoms with Crippen LogP contribution in [0.4, 0.5) is 0 Å². The monoisotopic (exact) mass is 196 g/mol. The highest BCUT2D eigenvalue weighted by molar-refractivity contribution is 5.82.